The SMILES string of the molecule is O=C(O)c1cccc(N2C(=O)CCC2C2=C(c3cc(C(F)(F)F)ccc3OCc3ccc(F)cc3F)CCC2)c1. The summed E-state index contributed by atoms with van der Waals surface area (Å²) in [5.74, 6) is -2.85. The Labute approximate surface area is 226 Å². The van der Waals surface area contributed by atoms with E-state index in [1.807, 2.05) is 0 Å². The number of nitrogens with zero attached hydrogens (tertiary/aromatic N) is 1. The molecular weight excluding hydrogens is 533 g/mol. The molecule has 2 aliphatic rings. The van der Waals surface area contributed by atoms with E-state index in [4.69, 9.17) is 4.74 Å². The van der Waals surface area contributed by atoms with E-state index >= 15 is 0 Å². The number of carbonyl (C=O) groups excluding carboxylic acids is 1. The Hall–Kier alpha value is -4.21. The number of benzene rings is 3. The molecule has 3 aromatic carbocycles. The molecule has 1 aliphatic heterocycles. The van der Waals surface area contributed by atoms with Crippen LogP contribution in [-0.4, -0.2) is 23.0 Å². The number of aromatic carboxylic acids is 1. The molecule has 1 N–H and O–H groups in total. The smallest absolute Gasteiger partial charge is 0.416 e. The van der Waals surface area contributed by atoms with Crippen LogP contribution in [0.3, 0.4) is 0 Å². The van der Waals surface area contributed by atoms with Crippen LogP contribution in [0.25, 0.3) is 5.57 Å². The van der Waals surface area contributed by atoms with Gasteiger partial charge in [0.1, 0.15) is 24.0 Å². The number of halogens is 5. The number of carbonyl (C=O) groups is 2. The van der Waals surface area contributed by atoms with Crippen molar-refractivity contribution < 1.29 is 41.4 Å². The maximum atomic E-state index is 14.2. The van der Waals surface area contributed by atoms with Gasteiger partial charge in [-0.3, -0.25) is 4.79 Å². The van der Waals surface area contributed by atoms with Gasteiger partial charge in [-0.05, 0) is 85.4 Å². The fourth-order valence-corrected chi connectivity index (χ4v) is 5.43. The van der Waals surface area contributed by atoms with Crippen molar-refractivity contribution in [1.82, 2.24) is 0 Å². The quantitative estimate of drug-likeness (QED) is 0.308. The zero-order valence-corrected chi connectivity index (χ0v) is 21.1. The molecule has 5 nitrogen and oxygen atoms in total. The highest BCUT2D eigenvalue weighted by Crippen LogP contribution is 2.45. The van der Waals surface area contributed by atoms with Crippen molar-refractivity contribution in [2.45, 2.75) is 50.9 Å². The average molecular weight is 558 g/mol. The Morgan fingerprint density at radius 2 is 1.80 bits per heavy atom. The third-order valence-corrected chi connectivity index (χ3v) is 7.28. The number of amides is 1. The standard InChI is InChI=1S/C30H24F5NO4/c31-20-9-7-18(25(32)15-20)16-40-27-11-8-19(30(33,34)35)14-24(27)22-5-2-6-23(22)26-10-12-28(37)36(26)21-4-1-3-17(13-21)29(38)39/h1,3-4,7-9,11,13-15,26H,2,5-6,10,12,16H2,(H,38,39). The number of allylic oxidation sites excluding steroid dienone is 1. The summed E-state index contributed by atoms with van der Waals surface area (Å²) >= 11 is 0. The van der Waals surface area contributed by atoms with Gasteiger partial charge < -0.3 is 14.7 Å². The van der Waals surface area contributed by atoms with E-state index in [0.717, 1.165) is 23.8 Å². The van der Waals surface area contributed by atoms with E-state index in [2.05, 4.69) is 0 Å². The molecule has 0 spiro atoms. The third kappa shape index (κ3) is 5.43. The topological polar surface area (TPSA) is 66.8 Å². The van der Waals surface area contributed by atoms with Crippen molar-refractivity contribution in [3.8, 4) is 5.75 Å². The van der Waals surface area contributed by atoms with Crippen molar-refractivity contribution in [3.63, 3.8) is 0 Å². The normalized spacial score (nSPS) is 17.6. The number of hydrogen-bond acceptors (Lipinski definition) is 3. The molecule has 1 aliphatic carbocycles. The predicted molar refractivity (Wildman–Crippen MR) is 137 cm³/mol. The van der Waals surface area contributed by atoms with Crippen molar-refractivity contribution in [2.75, 3.05) is 4.90 Å². The van der Waals surface area contributed by atoms with E-state index < -0.39 is 35.4 Å². The maximum absolute atomic E-state index is 14.2. The van der Waals surface area contributed by atoms with E-state index in [1.54, 1.807) is 12.1 Å². The van der Waals surface area contributed by atoms with Crippen LogP contribution < -0.4 is 9.64 Å². The number of carboxylic acid groups (broad SMARTS) is 1. The van der Waals surface area contributed by atoms with Crippen LogP contribution in [0.4, 0.5) is 27.6 Å². The molecule has 5 rings (SSSR count). The fourth-order valence-electron chi connectivity index (χ4n) is 5.43. The summed E-state index contributed by atoms with van der Waals surface area (Å²) in [6.45, 7) is -0.330. The van der Waals surface area contributed by atoms with Gasteiger partial charge in [-0.15, -0.1) is 0 Å². The summed E-state index contributed by atoms with van der Waals surface area (Å²) in [7, 11) is 0. The van der Waals surface area contributed by atoms with Crippen LogP contribution in [0.2, 0.25) is 0 Å². The van der Waals surface area contributed by atoms with Crippen LogP contribution in [-0.2, 0) is 17.6 Å². The molecule has 1 atom stereocenters. The first kappa shape index (κ1) is 27.4. The van der Waals surface area contributed by atoms with Gasteiger partial charge in [0, 0.05) is 29.3 Å². The second kappa shape index (κ2) is 10.7. The second-order valence-corrected chi connectivity index (χ2v) is 9.76. The Kier molecular flexibility index (Phi) is 7.35. The lowest BCUT2D eigenvalue weighted by Gasteiger charge is -2.28. The van der Waals surface area contributed by atoms with Crippen LogP contribution in [0, 0.1) is 11.6 Å². The average Bonchev–Trinajstić information content (AvgIpc) is 3.54. The highest BCUT2D eigenvalue weighted by atomic mass is 19.4. The lowest BCUT2D eigenvalue weighted by atomic mass is 9.93. The molecule has 1 unspecified atom stereocenters. The molecule has 0 saturated carbocycles. The van der Waals surface area contributed by atoms with Crippen LogP contribution in [0.1, 0.15) is 59.2 Å². The van der Waals surface area contributed by atoms with E-state index in [1.165, 1.54) is 29.2 Å². The second-order valence-electron chi connectivity index (χ2n) is 9.76. The van der Waals surface area contributed by atoms with Crippen LogP contribution >= 0.6 is 0 Å². The van der Waals surface area contributed by atoms with E-state index in [-0.39, 0.29) is 41.4 Å². The van der Waals surface area contributed by atoms with Crippen molar-refractivity contribution in [1.29, 1.82) is 0 Å². The Bertz CT molecular complexity index is 1510. The summed E-state index contributed by atoms with van der Waals surface area (Å²) in [5, 5.41) is 9.41. The van der Waals surface area contributed by atoms with Gasteiger partial charge in [-0.1, -0.05) is 6.07 Å². The van der Waals surface area contributed by atoms with Crippen molar-refractivity contribution in [3.05, 3.63) is 100 Å². The van der Waals surface area contributed by atoms with Gasteiger partial charge in [0.2, 0.25) is 5.91 Å². The third-order valence-electron chi connectivity index (χ3n) is 7.28. The van der Waals surface area contributed by atoms with Crippen LogP contribution in [0.15, 0.2) is 66.2 Å². The van der Waals surface area contributed by atoms with Gasteiger partial charge >= 0.3 is 12.1 Å². The first-order valence-electron chi connectivity index (χ1n) is 12.7. The molecule has 10 heteroatoms. The number of rotatable bonds is 7. The molecule has 40 heavy (non-hydrogen) atoms. The first-order chi connectivity index (χ1) is 19.0. The summed E-state index contributed by atoms with van der Waals surface area (Å²) in [6, 6.07) is 11.6. The summed E-state index contributed by atoms with van der Waals surface area (Å²) in [5.41, 5.74) is 1.16. The molecular formula is C30H24F5NO4. The monoisotopic (exact) mass is 557 g/mol. The molecule has 0 aromatic heterocycles. The van der Waals surface area contributed by atoms with Gasteiger partial charge in [0.15, 0.2) is 0 Å². The number of ether oxygens (including phenoxy) is 1. The predicted octanol–water partition coefficient (Wildman–Crippen LogP) is 7.39. The minimum absolute atomic E-state index is 0.0122. The summed E-state index contributed by atoms with van der Waals surface area (Å²) in [4.78, 5) is 26.0. The Morgan fingerprint density at radius 1 is 1.00 bits per heavy atom. The molecule has 1 heterocycles. The van der Waals surface area contributed by atoms with Crippen molar-refractivity contribution >= 4 is 23.1 Å². The van der Waals surface area contributed by atoms with Gasteiger partial charge in [0.05, 0.1) is 17.2 Å². The maximum Gasteiger partial charge on any atom is 0.416 e. The highest BCUT2D eigenvalue weighted by Gasteiger charge is 2.38. The fraction of sp³-hybridized carbons (Fsp3) is 0.267. The Morgan fingerprint density at radius 3 is 2.52 bits per heavy atom. The minimum atomic E-state index is -4.62. The molecule has 1 fully saturated rings. The van der Waals surface area contributed by atoms with Gasteiger partial charge in [-0.2, -0.15) is 13.2 Å². The molecule has 1 amide bonds. The molecule has 3 aromatic rings. The van der Waals surface area contributed by atoms with Gasteiger partial charge in [0.25, 0.3) is 0 Å². The van der Waals surface area contributed by atoms with E-state index in [9.17, 15) is 36.6 Å². The number of alkyl halides is 3. The molecule has 208 valence electrons. The number of carboxylic acids is 1. The summed E-state index contributed by atoms with van der Waals surface area (Å²) < 4.78 is 74.5. The molecule has 0 radical (unpaired) electrons. The highest BCUT2D eigenvalue weighted by molar-refractivity contribution is 5.99. The largest absolute Gasteiger partial charge is 0.488 e. The number of anilines is 1. The first-order valence-corrected chi connectivity index (χ1v) is 12.7. The minimum Gasteiger partial charge on any atom is -0.488 e. The van der Waals surface area contributed by atoms with Gasteiger partial charge in [-0.25, -0.2) is 13.6 Å². The summed E-state index contributed by atoms with van der Waals surface area (Å²) in [6.07, 6.45) is -2.39. The zero-order valence-electron chi connectivity index (χ0n) is 21.1. The number of hydrogen-bond donors (Lipinski definition) is 1. The Balaban J connectivity index is 1.56. The lowest BCUT2D eigenvalue weighted by molar-refractivity contribution is -0.137. The lowest BCUT2D eigenvalue weighted by Crippen LogP contribution is -2.34. The van der Waals surface area contributed by atoms with E-state index in [0.29, 0.717) is 43.0 Å². The van der Waals surface area contributed by atoms with Crippen LogP contribution in [0.5, 0.6) is 5.75 Å². The zero-order chi connectivity index (χ0) is 28.6. The molecule has 1 saturated heterocycles. The van der Waals surface area contributed by atoms with Crippen molar-refractivity contribution in [2.24, 2.45) is 0 Å². The molecule has 0 bridgehead atoms.